The van der Waals surface area contributed by atoms with Gasteiger partial charge >= 0.3 is 0 Å². The van der Waals surface area contributed by atoms with Crippen LogP contribution in [0.25, 0.3) is 0 Å². The van der Waals surface area contributed by atoms with Crippen LogP contribution in [0.5, 0.6) is 0 Å². The number of rotatable bonds is 3. The zero-order valence-electron chi connectivity index (χ0n) is 10.7. The Morgan fingerprint density at radius 2 is 1.94 bits per heavy atom. The molecule has 0 heterocycles. The molecule has 2 unspecified atom stereocenters. The molecular weight excluding hydrogens is 194 g/mol. The average molecular weight is 217 g/mol. The van der Waals surface area contributed by atoms with Gasteiger partial charge in [-0.2, -0.15) is 0 Å². The number of hydrogen-bond acceptors (Lipinski definition) is 1. The van der Waals surface area contributed by atoms with Gasteiger partial charge < -0.3 is 5.32 Å². The van der Waals surface area contributed by atoms with E-state index in [-0.39, 0.29) is 0 Å². The van der Waals surface area contributed by atoms with Crippen LogP contribution >= 0.6 is 0 Å². The highest BCUT2D eigenvalue weighted by atomic mass is 14.9. The van der Waals surface area contributed by atoms with E-state index in [4.69, 9.17) is 0 Å². The summed E-state index contributed by atoms with van der Waals surface area (Å²) in [6, 6.07) is 11.6. The molecule has 1 aromatic carbocycles. The Bertz CT molecular complexity index is 329. The molecule has 1 fully saturated rings. The molecule has 1 aromatic rings. The second-order valence-electron chi connectivity index (χ2n) is 5.83. The first-order valence-corrected chi connectivity index (χ1v) is 6.33. The lowest BCUT2D eigenvalue weighted by Gasteiger charge is -2.26. The van der Waals surface area contributed by atoms with E-state index < -0.39 is 0 Å². The molecule has 16 heavy (non-hydrogen) atoms. The molecule has 0 bridgehead atoms. The first-order chi connectivity index (χ1) is 7.62. The molecule has 1 N–H and O–H groups in total. The third-order valence-electron chi connectivity index (χ3n) is 4.04. The Morgan fingerprint density at radius 3 is 2.50 bits per heavy atom. The molecule has 1 heteroatoms. The lowest BCUT2D eigenvalue weighted by atomic mass is 9.86. The molecule has 0 aliphatic heterocycles. The van der Waals surface area contributed by atoms with Gasteiger partial charge in [-0.15, -0.1) is 0 Å². The highest BCUT2D eigenvalue weighted by Crippen LogP contribution is 2.42. The number of nitrogens with one attached hydrogen (secondary N) is 1. The number of benzene rings is 1. The van der Waals surface area contributed by atoms with Crippen LogP contribution in [-0.2, 0) is 6.42 Å². The van der Waals surface area contributed by atoms with E-state index in [9.17, 15) is 0 Å². The predicted molar refractivity (Wildman–Crippen MR) is 69.5 cm³/mol. The molecular formula is C15H23N. The fourth-order valence-corrected chi connectivity index (χ4v) is 3.23. The topological polar surface area (TPSA) is 12.0 Å². The highest BCUT2D eigenvalue weighted by molar-refractivity contribution is 5.16. The fourth-order valence-electron chi connectivity index (χ4n) is 3.23. The summed E-state index contributed by atoms with van der Waals surface area (Å²) in [5, 5.41) is 3.47. The summed E-state index contributed by atoms with van der Waals surface area (Å²) in [6.07, 6.45) is 3.90. The first-order valence-electron chi connectivity index (χ1n) is 6.33. The largest absolute Gasteiger partial charge is 0.316 e. The van der Waals surface area contributed by atoms with Crippen molar-refractivity contribution in [2.75, 3.05) is 7.05 Å². The molecule has 1 aliphatic rings. The van der Waals surface area contributed by atoms with Crippen LogP contribution in [-0.4, -0.2) is 13.1 Å². The molecule has 1 aliphatic carbocycles. The summed E-state index contributed by atoms with van der Waals surface area (Å²) in [5.74, 6) is 0.842. The van der Waals surface area contributed by atoms with Crippen molar-refractivity contribution in [2.45, 2.75) is 39.2 Å². The summed E-state index contributed by atoms with van der Waals surface area (Å²) in [4.78, 5) is 0. The smallest absolute Gasteiger partial charge is 0.0118 e. The molecule has 0 amide bonds. The van der Waals surface area contributed by atoms with E-state index in [0.717, 1.165) is 5.92 Å². The normalized spacial score (nSPS) is 28.2. The van der Waals surface area contributed by atoms with Gasteiger partial charge in [-0.05, 0) is 43.2 Å². The van der Waals surface area contributed by atoms with Crippen molar-refractivity contribution in [3.63, 3.8) is 0 Å². The van der Waals surface area contributed by atoms with Crippen molar-refractivity contribution in [2.24, 2.45) is 11.3 Å². The lowest BCUT2D eigenvalue weighted by Crippen LogP contribution is -2.34. The average Bonchev–Trinajstić information content (AvgIpc) is 2.54. The van der Waals surface area contributed by atoms with Gasteiger partial charge in [0.05, 0.1) is 0 Å². The van der Waals surface area contributed by atoms with E-state index in [1.165, 1.54) is 24.8 Å². The minimum atomic E-state index is 0.453. The van der Waals surface area contributed by atoms with Gasteiger partial charge in [0.25, 0.3) is 0 Å². The molecule has 88 valence electrons. The van der Waals surface area contributed by atoms with Gasteiger partial charge in [0.1, 0.15) is 0 Å². The zero-order chi connectivity index (χ0) is 11.6. The third kappa shape index (κ3) is 2.46. The summed E-state index contributed by atoms with van der Waals surface area (Å²) in [7, 11) is 2.09. The molecule has 0 aromatic heterocycles. The van der Waals surface area contributed by atoms with Crippen LogP contribution in [0.3, 0.4) is 0 Å². The van der Waals surface area contributed by atoms with Crippen molar-refractivity contribution < 1.29 is 0 Å². The maximum absolute atomic E-state index is 3.47. The molecule has 0 radical (unpaired) electrons. The predicted octanol–water partition coefficient (Wildman–Crippen LogP) is 3.25. The summed E-state index contributed by atoms with van der Waals surface area (Å²) >= 11 is 0. The van der Waals surface area contributed by atoms with E-state index >= 15 is 0 Å². The van der Waals surface area contributed by atoms with Crippen LogP contribution in [0, 0.1) is 11.3 Å². The molecule has 1 saturated carbocycles. The molecule has 2 atom stereocenters. The summed E-state index contributed by atoms with van der Waals surface area (Å²) in [5.41, 5.74) is 1.94. The Labute approximate surface area is 99.3 Å². The van der Waals surface area contributed by atoms with Crippen molar-refractivity contribution in [1.29, 1.82) is 0 Å². The van der Waals surface area contributed by atoms with Crippen LogP contribution in [0.4, 0.5) is 0 Å². The second kappa shape index (κ2) is 4.58. The Hall–Kier alpha value is -0.820. The third-order valence-corrected chi connectivity index (χ3v) is 4.04. The van der Waals surface area contributed by atoms with Crippen LogP contribution in [0.15, 0.2) is 30.3 Å². The molecule has 2 rings (SSSR count). The Balaban J connectivity index is 1.99. The quantitative estimate of drug-likeness (QED) is 0.819. The number of hydrogen-bond donors (Lipinski definition) is 1. The maximum atomic E-state index is 3.47. The monoisotopic (exact) mass is 217 g/mol. The minimum absolute atomic E-state index is 0.453. The Kier molecular flexibility index (Phi) is 3.34. The first kappa shape index (κ1) is 11.7. The van der Waals surface area contributed by atoms with Gasteiger partial charge in [0, 0.05) is 6.04 Å². The van der Waals surface area contributed by atoms with Crippen molar-refractivity contribution in [1.82, 2.24) is 5.32 Å². The van der Waals surface area contributed by atoms with Crippen LogP contribution in [0.1, 0.15) is 32.3 Å². The van der Waals surface area contributed by atoms with Gasteiger partial charge in [0.15, 0.2) is 0 Å². The van der Waals surface area contributed by atoms with Crippen LogP contribution < -0.4 is 5.32 Å². The molecule has 0 saturated heterocycles. The van der Waals surface area contributed by atoms with Gasteiger partial charge in [-0.25, -0.2) is 0 Å². The van der Waals surface area contributed by atoms with Gasteiger partial charge in [-0.3, -0.25) is 0 Å². The zero-order valence-corrected chi connectivity index (χ0v) is 10.7. The SMILES string of the molecule is CNC1CC(Cc2ccccc2)CC1(C)C. The van der Waals surface area contributed by atoms with Gasteiger partial charge in [0.2, 0.25) is 0 Å². The lowest BCUT2D eigenvalue weighted by molar-refractivity contribution is 0.293. The van der Waals surface area contributed by atoms with E-state index in [0.29, 0.717) is 11.5 Å². The summed E-state index contributed by atoms with van der Waals surface area (Å²) in [6.45, 7) is 4.78. The Morgan fingerprint density at radius 1 is 1.25 bits per heavy atom. The standard InChI is InChI=1S/C15H23N/c1-15(2)11-13(10-14(15)16-3)9-12-7-5-4-6-8-12/h4-8,13-14,16H,9-11H2,1-3H3. The molecule has 1 nitrogen and oxygen atoms in total. The van der Waals surface area contributed by atoms with Crippen LogP contribution in [0.2, 0.25) is 0 Å². The maximum Gasteiger partial charge on any atom is 0.0118 e. The fraction of sp³-hybridized carbons (Fsp3) is 0.600. The second-order valence-corrected chi connectivity index (χ2v) is 5.83. The van der Waals surface area contributed by atoms with E-state index in [1.807, 2.05) is 0 Å². The highest BCUT2D eigenvalue weighted by Gasteiger charge is 2.39. The minimum Gasteiger partial charge on any atom is -0.316 e. The van der Waals surface area contributed by atoms with Crippen molar-refractivity contribution in [3.05, 3.63) is 35.9 Å². The van der Waals surface area contributed by atoms with Gasteiger partial charge in [-0.1, -0.05) is 44.2 Å². The van der Waals surface area contributed by atoms with Crippen molar-refractivity contribution >= 4 is 0 Å². The van der Waals surface area contributed by atoms with E-state index in [1.54, 1.807) is 0 Å². The molecule has 0 spiro atoms. The van der Waals surface area contributed by atoms with Crippen molar-refractivity contribution in [3.8, 4) is 0 Å². The van der Waals surface area contributed by atoms with E-state index in [2.05, 4.69) is 56.5 Å². The summed E-state index contributed by atoms with van der Waals surface area (Å²) < 4.78 is 0.